The van der Waals surface area contributed by atoms with Gasteiger partial charge in [-0.15, -0.1) is 10.2 Å². The molecular weight excluding hydrogens is 314 g/mol. The van der Waals surface area contributed by atoms with Crippen molar-refractivity contribution in [2.24, 2.45) is 5.92 Å². The summed E-state index contributed by atoms with van der Waals surface area (Å²) in [6.45, 7) is 1.91. The molecule has 3 aromatic rings. The third-order valence-electron chi connectivity index (χ3n) is 4.61. The van der Waals surface area contributed by atoms with Crippen molar-refractivity contribution in [2.45, 2.75) is 31.8 Å². The van der Waals surface area contributed by atoms with E-state index in [1.54, 1.807) is 0 Å². The molecule has 2 atom stereocenters. The Kier molecular flexibility index (Phi) is 4.09. The highest BCUT2D eigenvalue weighted by molar-refractivity contribution is 5.75. The predicted octanol–water partition coefficient (Wildman–Crippen LogP) is 3.24. The third-order valence-corrected chi connectivity index (χ3v) is 4.61. The molecule has 0 spiro atoms. The normalized spacial score (nSPS) is 16.4. The van der Waals surface area contributed by atoms with Gasteiger partial charge in [0.2, 0.25) is 0 Å². The van der Waals surface area contributed by atoms with E-state index < -0.39 is 0 Å². The molecular formula is C19H21N5O. The smallest absolute Gasteiger partial charge is 0.315 e. The van der Waals surface area contributed by atoms with E-state index in [2.05, 4.69) is 33.0 Å². The molecule has 6 nitrogen and oxygen atoms in total. The van der Waals surface area contributed by atoms with E-state index in [1.165, 1.54) is 0 Å². The van der Waals surface area contributed by atoms with Crippen LogP contribution in [0.3, 0.4) is 0 Å². The van der Waals surface area contributed by atoms with Crippen LogP contribution in [0.4, 0.5) is 4.79 Å². The SMILES string of the molecule is C[C@H](NC(=O)N[C@@H](c1ccccc1)C1CC1)c1nnc2ccccn12. The first-order chi connectivity index (χ1) is 12.2. The first-order valence-electron chi connectivity index (χ1n) is 8.64. The lowest BCUT2D eigenvalue weighted by molar-refractivity contribution is 0.232. The Morgan fingerprint density at radius 2 is 1.84 bits per heavy atom. The summed E-state index contributed by atoms with van der Waals surface area (Å²) in [5, 5.41) is 14.5. The Labute approximate surface area is 146 Å². The van der Waals surface area contributed by atoms with Crippen molar-refractivity contribution in [3.05, 3.63) is 66.1 Å². The van der Waals surface area contributed by atoms with E-state index in [1.807, 2.05) is 53.9 Å². The van der Waals surface area contributed by atoms with Crippen molar-refractivity contribution in [2.75, 3.05) is 0 Å². The van der Waals surface area contributed by atoms with E-state index in [-0.39, 0.29) is 18.1 Å². The summed E-state index contributed by atoms with van der Waals surface area (Å²) in [6, 6.07) is 15.5. The van der Waals surface area contributed by atoms with Gasteiger partial charge in [-0.2, -0.15) is 0 Å². The molecule has 0 unspecified atom stereocenters. The number of carbonyl (C=O) groups excluding carboxylic acids is 1. The molecule has 0 saturated heterocycles. The van der Waals surface area contributed by atoms with Gasteiger partial charge in [0.25, 0.3) is 0 Å². The van der Waals surface area contributed by atoms with Gasteiger partial charge in [0.05, 0.1) is 12.1 Å². The van der Waals surface area contributed by atoms with Gasteiger partial charge in [-0.1, -0.05) is 36.4 Å². The van der Waals surface area contributed by atoms with Crippen LogP contribution in [-0.4, -0.2) is 20.6 Å². The van der Waals surface area contributed by atoms with E-state index in [0.717, 1.165) is 24.1 Å². The highest BCUT2D eigenvalue weighted by atomic mass is 16.2. The quantitative estimate of drug-likeness (QED) is 0.752. The second-order valence-corrected chi connectivity index (χ2v) is 6.55. The van der Waals surface area contributed by atoms with Crippen LogP contribution >= 0.6 is 0 Å². The van der Waals surface area contributed by atoms with Crippen molar-refractivity contribution in [3.8, 4) is 0 Å². The molecule has 2 N–H and O–H groups in total. The van der Waals surface area contributed by atoms with Gasteiger partial charge in [0, 0.05) is 6.20 Å². The monoisotopic (exact) mass is 335 g/mol. The third kappa shape index (κ3) is 3.33. The number of nitrogens with one attached hydrogen (secondary N) is 2. The highest BCUT2D eigenvalue weighted by Crippen LogP contribution is 2.40. The summed E-state index contributed by atoms with van der Waals surface area (Å²) in [4.78, 5) is 12.5. The number of hydrogen-bond acceptors (Lipinski definition) is 3. The van der Waals surface area contributed by atoms with Crippen LogP contribution in [0.25, 0.3) is 5.65 Å². The Balaban J connectivity index is 1.46. The number of aromatic nitrogens is 3. The molecule has 1 aromatic carbocycles. The van der Waals surface area contributed by atoms with Gasteiger partial charge in [-0.3, -0.25) is 4.40 Å². The number of benzene rings is 1. The zero-order valence-electron chi connectivity index (χ0n) is 14.1. The maximum absolute atomic E-state index is 12.5. The summed E-state index contributed by atoms with van der Waals surface area (Å²) in [5.74, 6) is 1.24. The fourth-order valence-electron chi connectivity index (χ4n) is 3.16. The van der Waals surface area contributed by atoms with Crippen molar-refractivity contribution in [1.82, 2.24) is 25.2 Å². The van der Waals surface area contributed by atoms with Gasteiger partial charge in [0.15, 0.2) is 11.5 Å². The number of nitrogens with zero attached hydrogens (tertiary/aromatic N) is 3. The second kappa shape index (κ2) is 6.55. The second-order valence-electron chi connectivity index (χ2n) is 6.55. The molecule has 4 rings (SSSR count). The minimum absolute atomic E-state index is 0.0588. The molecule has 1 aliphatic rings. The van der Waals surface area contributed by atoms with E-state index in [9.17, 15) is 4.79 Å². The molecule has 1 saturated carbocycles. The fraction of sp³-hybridized carbons (Fsp3) is 0.316. The Bertz CT molecular complexity index is 872. The van der Waals surface area contributed by atoms with E-state index >= 15 is 0 Å². The molecule has 1 aliphatic carbocycles. The lowest BCUT2D eigenvalue weighted by Crippen LogP contribution is -2.40. The largest absolute Gasteiger partial charge is 0.331 e. The number of amides is 2. The van der Waals surface area contributed by atoms with Gasteiger partial charge in [-0.05, 0) is 43.4 Å². The molecule has 128 valence electrons. The maximum Gasteiger partial charge on any atom is 0.315 e. The van der Waals surface area contributed by atoms with Crippen molar-refractivity contribution in [3.63, 3.8) is 0 Å². The van der Waals surface area contributed by atoms with Crippen LogP contribution in [0.5, 0.6) is 0 Å². The van der Waals surface area contributed by atoms with E-state index in [4.69, 9.17) is 0 Å². The molecule has 2 amide bonds. The summed E-state index contributed by atoms with van der Waals surface area (Å²) in [6.07, 6.45) is 4.21. The van der Waals surface area contributed by atoms with Gasteiger partial charge in [-0.25, -0.2) is 4.79 Å². The minimum atomic E-state index is -0.243. The van der Waals surface area contributed by atoms with Crippen LogP contribution in [0, 0.1) is 5.92 Å². The highest BCUT2D eigenvalue weighted by Gasteiger charge is 2.33. The summed E-state index contributed by atoms with van der Waals surface area (Å²) in [7, 11) is 0. The molecule has 2 heterocycles. The number of pyridine rings is 1. The molecule has 0 radical (unpaired) electrons. The Morgan fingerprint density at radius 1 is 1.08 bits per heavy atom. The number of urea groups is 1. The van der Waals surface area contributed by atoms with Crippen LogP contribution in [0.2, 0.25) is 0 Å². The molecule has 0 bridgehead atoms. The summed E-state index contributed by atoms with van der Waals surface area (Å²) in [5.41, 5.74) is 1.92. The topological polar surface area (TPSA) is 71.3 Å². The van der Waals surface area contributed by atoms with Crippen LogP contribution in [0.15, 0.2) is 54.7 Å². The number of carbonyl (C=O) groups is 1. The predicted molar refractivity (Wildman–Crippen MR) is 95.0 cm³/mol. The Hall–Kier alpha value is -2.89. The van der Waals surface area contributed by atoms with E-state index in [0.29, 0.717) is 11.7 Å². The number of fused-ring (bicyclic) bond motifs is 1. The fourth-order valence-corrected chi connectivity index (χ4v) is 3.16. The lowest BCUT2D eigenvalue weighted by atomic mass is 10.0. The zero-order chi connectivity index (χ0) is 17.2. The van der Waals surface area contributed by atoms with Gasteiger partial charge >= 0.3 is 6.03 Å². The average Bonchev–Trinajstić information content (AvgIpc) is 3.38. The standard InChI is InChI=1S/C19H21N5O/c1-13(18-23-22-16-9-5-6-12-24(16)18)20-19(25)21-17(15-10-11-15)14-7-3-2-4-8-14/h2-9,12-13,15,17H,10-11H2,1H3,(H2,20,21,25)/t13-,17-/m0/s1. The van der Waals surface area contributed by atoms with Gasteiger partial charge in [0.1, 0.15) is 0 Å². The average molecular weight is 335 g/mol. The summed E-state index contributed by atoms with van der Waals surface area (Å²) < 4.78 is 1.89. The molecule has 1 fully saturated rings. The summed E-state index contributed by atoms with van der Waals surface area (Å²) >= 11 is 0. The van der Waals surface area contributed by atoms with Gasteiger partial charge < -0.3 is 10.6 Å². The molecule has 25 heavy (non-hydrogen) atoms. The molecule has 0 aliphatic heterocycles. The van der Waals surface area contributed by atoms with Crippen molar-refractivity contribution in [1.29, 1.82) is 0 Å². The lowest BCUT2D eigenvalue weighted by Gasteiger charge is -2.21. The van der Waals surface area contributed by atoms with Crippen LogP contribution < -0.4 is 10.6 Å². The zero-order valence-corrected chi connectivity index (χ0v) is 14.1. The molecule has 6 heteroatoms. The molecule has 2 aromatic heterocycles. The number of hydrogen-bond donors (Lipinski definition) is 2. The van der Waals surface area contributed by atoms with Crippen LogP contribution in [-0.2, 0) is 0 Å². The first-order valence-corrected chi connectivity index (χ1v) is 8.64. The number of rotatable bonds is 5. The Morgan fingerprint density at radius 3 is 2.60 bits per heavy atom. The first kappa shape index (κ1) is 15.6. The van der Waals surface area contributed by atoms with Crippen LogP contribution in [0.1, 0.15) is 43.2 Å². The maximum atomic E-state index is 12.5. The minimum Gasteiger partial charge on any atom is -0.331 e. The van der Waals surface area contributed by atoms with Crippen molar-refractivity contribution < 1.29 is 4.79 Å². The van der Waals surface area contributed by atoms with Crippen molar-refractivity contribution >= 4 is 11.7 Å².